The second-order valence-electron chi connectivity index (χ2n) is 3.45. The van der Waals surface area contributed by atoms with Crippen LogP contribution in [0.2, 0.25) is 0 Å². The number of aliphatic hydroxyl groups is 1. The maximum Gasteiger partial charge on any atom is 0.0950 e. The summed E-state index contributed by atoms with van der Waals surface area (Å²) in [5.41, 5.74) is 5.83. The van der Waals surface area contributed by atoms with Crippen LogP contribution in [0.4, 0.5) is 0 Å². The first kappa shape index (κ1) is 8.75. The Labute approximate surface area is 68.1 Å². The molecule has 0 spiro atoms. The summed E-state index contributed by atoms with van der Waals surface area (Å²) < 4.78 is 0. The van der Waals surface area contributed by atoms with E-state index in [0.717, 1.165) is 18.4 Å². The van der Waals surface area contributed by atoms with Gasteiger partial charge in [0.25, 0.3) is 0 Å². The van der Waals surface area contributed by atoms with Gasteiger partial charge in [-0.3, -0.25) is 0 Å². The highest BCUT2D eigenvalue weighted by Crippen LogP contribution is 2.26. The fraction of sp³-hybridized carbons (Fsp3) is 0.778. The molecule has 0 aromatic heterocycles. The maximum atomic E-state index is 9.75. The molecule has 1 rings (SSSR count). The van der Waals surface area contributed by atoms with Crippen LogP contribution in [0.1, 0.15) is 32.6 Å². The molecule has 64 valence electrons. The van der Waals surface area contributed by atoms with Crippen LogP contribution in [0.5, 0.6) is 0 Å². The SMILES string of the molecule is CC(O)(CN)C1=CCCCC1. The zero-order valence-corrected chi connectivity index (χ0v) is 7.14. The zero-order valence-electron chi connectivity index (χ0n) is 7.14. The van der Waals surface area contributed by atoms with Crippen LogP contribution in [0, 0.1) is 0 Å². The highest BCUT2D eigenvalue weighted by molar-refractivity contribution is 5.17. The van der Waals surface area contributed by atoms with Gasteiger partial charge in [0, 0.05) is 6.54 Å². The molecule has 0 aromatic rings. The van der Waals surface area contributed by atoms with Crippen LogP contribution in [0.25, 0.3) is 0 Å². The first-order chi connectivity index (χ1) is 5.17. The van der Waals surface area contributed by atoms with Gasteiger partial charge in [0.2, 0.25) is 0 Å². The van der Waals surface area contributed by atoms with Crippen LogP contribution in [-0.2, 0) is 0 Å². The van der Waals surface area contributed by atoms with E-state index in [9.17, 15) is 5.11 Å². The van der Waals surface area contributed by atoms with Crippen molar-refractivity contribution in [2.45, 2.75) is 38.2 Å². The number of rotatable bonds is 2. The summed E-state index contributed by atoms with van der Waals surface area (Å²) in [6.07, 6.45) is 6.71. The van der Waals surface area contributed by atoms with Gasteiger partial charge in [-0.25, -0.2) is 0 Å². The van der Waals surface area contributed by atoms with E-state index in [-0.39, 0.29) is 0 Å². The molecule has 1 aliphatic carbocycles. The third kappa shape index (κ3) is 2.04. The minimum atomic E-state index is -0.750. The molecule has 0 fully saturated rings. The molecule has 0 heterocycles. The van der Waals surface area contributed by atoms with Gasteiger partial charge < -0.3 is 10.8 Å². The average molecular weight is 155 g/mol. The van der Waals surface area contributed by atoms with Crippen LogP contribution in [0.3, 0.4) is 0 Å². The summed E-state index contributed by atoms with van der Waals surface area (Å²) in [5, 5.41) is 9.75. The van der Waals surface area contributed by atoms with Crippen molar-refractivity contribution in [1.29, 1.82) is 0 Å². The Morgan fingerprint density at radius 3 is 2.82 bits per heavy atom. The number of hydrogen-bond donors (Lipinski definition) is 2. The topological polar surface area (TPSA) is 46.2 Å². The average Bonchev–Trinajstić information content (AvgIpc) is 2.06. The van der Waals surface area contributed by atoms with Gasteiger partial charge in [0.15, 0.2) is 0 Å². The molecular formula is C9H17NO. The Hall–Kier alpha value is -0.340. The van der Waals surface area contributed by atoms with Crippen molar-refractivity contribution in [3.63, 3.8) is 0 Å². The molecule has 0 aromatic carbocycles. The van der Waals surface area contributed by atoms with Crippen molar-refractivity contribution in [2.24, 2.45) is 5.73 Å². The normalized spacial score (nSPS) is 24.1. The molecule has 0 amide bonds. The molecule has 3 N–H and O–H groups in total. The number of hydrogen-bond acceptors (Lipinski definition) is 2. The lowest BCUT2D eigenvalue weighted by Gasteiger charge is -2.27. The molecule has 0 bridgehead atoms. The first-order valence-electron chi connectivity index (χ1n) is 4.29. The quantitative estimate of drug-likeness (QED) is 0.588. The number of nitrogens with two attached hydrogens (primary N) is 1. The fourth-order valence-electron chi connectivity index (χ4n) is 1.46. The Morgan fingerprint density at radius 2 is 2.36 bits per heavy atom. The van der Waals surface area contributed by atoms with Gasteiger partial charge >= 0.3 is 0 Å². The van der Waals surface area contributed by atoms with E-state index >= 15 is 0 Å². The standard InChI is InChI=1S/C9H17NO/c1-9(11,7-10)8-5-3-2-4-6-8/h5,11H,2-4,6-7,10H2,1H3. The van der Waals surface area contributed by atoms with E-state index in [1.807, 2.05) is 0 Å². The van der Waals surface area contributed by atoms with Gasteiger partial charge in [0.1, 0.15) is 0 Å². The summed E-state index contributed by atoms with van der Waals surface area (Å²) in [7, 11) is 0. The molecular weight excluding hydrogens is 138 g/mol. The van der Waals surface area contributed by atoms with Crippen molar-refractivity contribution in [3.05, 3.63) is 11.6 Å². The second-order valence-corrected chi connectivity index (χ2v) is 3.45. The lowest BCUT2D eigenvalue weighted by atomic mass is 9.87. The molecule has 1 aliphatic rings. The largest absolute Gasteiger partial charge is 0.384 e. The van der Waals surface area contributed by atoms with Crippen molar-refractivity contribution in [3.8, 4) is 0 Å². The minimum Gasteiger partial charge on any atom is -0.384 e. The molecule has 1 unspecified atom stereocenters. The predicted molar refractivity (Wildman–Crippen MR) is 46.2 cm³/mol. The molecule has 0 aliphatic heterocycles. The molecule has 2 heteroatoms. The van der Waals surface area contributed by atoms with Crippen LogP contribution in [0.15, 0.2) is 11.6 Å². The summed E-state index contributed by atoms with van der Waals surface area (Å²) in [6, 6.07) is 0. The monoisotopic (exact) mass is 155 g/mol. The van der Waals surface area contributed by atoms with E-state index in [2.05, 4.69) is 6.08 Å². The molecule has 0 saturated heterocycles. The molecule has 2 nitrogen and oxygen atoms in total. The molecule has 0 saturated carbocycles. The van der Waals surface area contributed by atoms with Crippen LogP contribution >= 0.6 is 0 Å². The van der Waals surface area contributed by atoms with Gasteiger partial charge in [0.05, 0.1) is 5.60 Å². The maximum absolute atomic E-state index is 9.75. The highest BCUT2D eigenvalue weighted by atomic mass is 16.3. The van der Waals surface area contributed by atoms with E-state index in [0.29, 0.717) is 6.54 Å². The van der Waals surface area contributed by atoms with Gasteiger partial charge in [-0.1, -0.05) is 6.08 Å². The number of allylic oxidation sites excluding steroid dienone is 1. The molecule has 0 radical (unpaired) electrons. The Kier molecular flexibility index (Phi) is 2.68. The third-order valence-corrected chi connectivity index (χ3v) is 2.38. The Balaban J connectivity index is 2.64. The molecule has 1 atom stereocenters. The predicted octanol–water partition coefficient (Wildman–Crippen LogP) is 1.20. The Bertz CT molecular complexity index is 161. The van der Waals surface area contributed by atoms with E-state index < -0.39 is 5.60 Å². The summed E-state index contributed by atoms with van der Waals surface area (Å²) in [6.45, 7) is 2.13. The van der Waals surface area contributed by atoms with Gasteiger partial charge in [-0.2, -0.15) is 0 Å². The summed E-state index contributed by atoms with van der Waals surface area (Å²) in [5.74, 6) is 0. The fourth-order valence-corrected chi connectivity index (χ4v) is 1.46. The molecule has 11 heavy (non-hydrogen) atoms. The van der Waals surface area contributed by atoms with Crippen molar-refractivity contribution >= 4 is 0 Å². The third-order valence-electron chi connectivity index (χ3n) is 2.38. The van der Waals surface area contributed by atoms with Gasteiger partial charge in [-0.05, 0) is 38.2 Å². The highest BCUT2D eigenvalue weighted by Gasteiger charge is 2.24. The minimum absolute atomic E-state index is 0.332. The van der Waals surface area contributed by atoms with Crippen LogP contribution in [-0.4, -0.2) is 17.3 Å². The van der Waals surface area contributed by atoms with E-state index in [1.54, 1.807) is 6.92 Å². The van der Waals surface area contributed by atoms with Gasteiger partial charge in [-0.15, -0.1) is 0 Å². The lowest BCUT2D eigenvalue weighted by molar-refractivity contribution is 0.102. The summed E-state index contributed by atoms with van der Waals surface area (Å²) >= 11 is 0. The van der Waals surface area contributed by atoms with Crippen molar-refractivity contribution < 1.29 is 5.11 Å². The van der Waals surface area contributed by atoms with Crippen molar-refractivity contribution in [2.75, 3.05) is 6.54 Å². The Morgan fingerprint density at radius 1 is 1.64 bits per heavy atom. The summed E-state index contributed by atoms with van der Waals surface area (Å²) in [4.78, 5) is 0. The zero-order chi connectivity index (χ0) is 8.32. The van der Waals surface area contributed by atoms with Crippen LogP contribution < -0.4 is 5.73 Å². The van der Waals surface area contributed by atoms with E-state index in [1.165, 1.54) is 12.8 Å². The second kappa shape index (κ2) is 3.37. The first-order valence-corrected chi connectivity index (χ1v) is 4.29. The lowest BCUT2D eigenvalue weighted by Crippen LogP contribution is -2.36. The smallest absolute Gasteiger partial charge is 0.0950 e. The van der Waals surface area contributed by atoms with E-state index in [4.69, 9.17) is 5.73 Å². The van der Waals surface area contributed by atoms with Crippen molar-refractivity contribution in [1.82, 2.24) is 0 Å².